The van der Waals surface area contributed by atoms with Gasteiger partial charge in [-0.25, -0.2) is 0 Å². The fourth-order valence-electron chi connectivity index (χ4n) is 3.70. The molecule has 2 amide bonds. The molecule has 0 saturated heterocycles. The third-order valence-corrected chi connectivity index (χ3v) is 6.25. The summed E-state index contributed by atoms with van der Waals surface area (Å²) in [6.45, 7) is 1.93. The van der Waals surface area contributed by atoms with E-state index in [9.17, 15) is 9.59 Å². The summed E-state index contributed by atoms with van der Waals surface area (Å²) in [6.07, 6.45) is 4.27. The van der Waals surface area contributed by atoms with Gasteiger partial charge in [0.15, 0.2) is 6.61 Å². The average Bonchev–Trinajstić information content (AvgIpc) is 3.29. The van der Waals surface area contributed by atoms with E-state index < -0.39 is 6.04 Å². The van der Waals surface area contributed by atoms with Crippen LogP contribution in [-0.2, 0) is 16.1 Å². The van der Waals surface area contributed by atoms with Crippen molar-refractivity contribution in [1.82, 2.24) is 10.2 Å². The summed E-state index contributed by atoms with van der Waals surface area (Å²) in [5, 5.41) is 3.10. The predicted octanol–water partition coefficient (Wildman–Crippen LogP) is 4.15. The van der Waals surface area contributed by atoms with Gasteiger partial charge >= 0.3 is 0 Å². The molecule has 7 heteroatoms. The van der Waals surface area contributed by atoms with E-state index in [0.717, 1.165) is 34.8 Å². The molecule has 1 N–H and O–H groups in total. The maximum atomic E-state index is 13.1. The molecule has 1 aliphatic carbocycles. The van der Waals surface area contributed by atoms with Crippen molar-refractivity contribution in [3.05, 3.63) is 57.7 Å². The summed E-state index contributed by atoms with van der Waals surface area (Å²) in [7, 11) is 1.61. The van der Waals surface area contributed by atoms with E-state index in [1.807, 2.05) is 48.5 Å². The molecule has 6 nitrogen and oxygen atoms in total. The lowest BCUT2D eigenvalue weighted by Gasteiger charge is -2.29. The fourth-order valence-corrected chi connectivity index (χ4v) is 4.06. The quantitative estimate of drug-likeness (QED) is 0.489. The van der Waals surface area contributed by atoms with Crippen LogP contribution in [0.1, 0.15) is 38.2 Å². The molecular formula is C24H29IN2O4. The minimum Gasteiger partial charge on any atom is -0.497 e. The number of carbonyl (C=O) groups is 2. The van der Waals surface area contributed by atoms with Crippen molar-refractivity contribution in [3.63, 3.8) is 0 Å². The van der Waals surface area contributed by atoms with Gasteiger partial charge < -0.3 is 19.7 Å². The molecule has 0 bridgehead atoms. The van der Waals surface area contributed by atoms with Crippen LogP contribution in [0.15, 0.2) is 48.5 Å². The van der Waals surface area contributed by atoms with Crippen LogP contribution in [0, 0.1) is 3.57 Å². The lowest BCUT2D eigenvalue weighted by atomic mass is 10.1. The van der Waals surface area contributed by atoms with Gasteiger partial charge in [0.25, 0.3) is 5.91 Å². The van der Waals surface area contributed by atoms with Crippen LogP contribution in [0.3, 0.4) is 0 Å². The number of ether oxygens (including phenoxy) is 2. The minimum absolute atomic E-state index is 0.127. The van der Waals surface area contributed by atoms with Gasteiger partial charge in [-0.2, -0.15) is 0 Å². The number of amides is 2. The van der Waals surface area contributed by atoms with Gasteiger partial charge in [-0.15, -0.1) is 0 Å². The molecule has 0 spiro atoms. The van der Waals surface area contributed by atoms with E-state index in [1.165, 1.54) is 0 Å². The van der Waals surface area contributed by atoms with E-state index in [4.69, 9.17) is 9.47 Å². The number of methoxy groups -OCH3 is 1. The normalized spacial score (nSPS) is 14.7. The van der Waals surface area contributed by atoms with Crippen LogP contribution in [0.5, 0.6) is 11.5 Å². The van der Waals surface area contributed by atoms with Crippen molar-refractivity contribution in [3.8, 4) is 11.5 Å². The molecule has 0 aliphatic heterocycles. The Bertz CT molecular complexity index is 881. The first-order valence-corrected chi connectivity index (χ1v) is 11.7. The zero-order valence-electron chi connectivity index (χ0n) is 18.0. The van der Waals surface area contributed by atoms with Gasteiger partial charge in [0.05, 0.1) is 7.11 Å². The second-order valence-electron chi connectivity index (χ2n) is 7.78. The number of nitrogens with zero attached hydrogens (tertiary/aromatic N) is 1. The van der Waals surface area contributed by atoms with E-state index in [-0.39, 0.29) is 24.5 Å². The van der Waals surface area contributed by atoms with Gasteiger partial charge in [-0.05, 0) is 84.3 Å². The zero-order valence-corrected chi connectivity index (χ0v) is 20.1. The molecule has 2 aromatic carbocycles. The maximum Gasteiger partial charge on any atom is 0.261 e. The first kappa shape index (κ1) is 23.4. The van der Waals surface area contributed by atoms with Crippen LogP contribution >= 0.6 is 22.6 Å². The molecule has 1 unspecified atom stereocenters. The summed E-state index contributed by atoms with van der Waals surface area (Å²) in [6, 6.07) is 14.6. The Labute approximate surface area is 197 Å². The van der Waals surface area contributed by atoms with E-state index in [1.54, 1.807) is 18.9 Å². The predicted molar refractivity (Wildman–Crippen MR) is 128 cm³/mol. The van der Waals surface area contributed by atoms with Crippen LogP contribution < -0.4 is 14.8 Å². The highest BCUT2D eigenvalue weighted by atomic mass is 127. The van der Waals surface area contributed by atoms with E-state index in [0.29, 0.717) is 18.0 Å². The van der Waals surface area contributed by atoms with Crippen LogP contribution in [0.4, 0.5) is 0 Å². The zero-order chi connectivity index (χ0) is 22.2. The third-order valence-electron chi connectivity index (χ3n) is 5.53. The highest BCUT2D eigenvalue weighted by molar-refractivity contribution is 14.1. The largest absolute Gasteiger partial charge is 0.497 e. The average molecular weight is 536 g/mol. The number of carbonyl (C=O) groups excluding carboxylic acids is 2. The summed E-state index contributed by atoms with van der Waals surface area (Å²) >= 11 is 2.22. The Hall–Kier alpha value is -2.29. The van der Waals surface area contributed by atoms with Crippen molar-refractivity contribution in [2.24, 2.45) is 0 Å². The highest BCUT2D eigenvalue weighted by Crippen LogP contribution is 2.20. The molecular weight excluding hydrogens is 507 g/mol. The summed E-state index contributed by atoms with van der Waals surface area (Å²) in [5.41, 5.74) is 0.891. The van der Waals surface area contributed by atoms with E-state index in [2.05, 4.69) is 27.9 Å². The summed E-state index contributed by atoms with van der Waals surface area (Å²) < 4.78 is 12.1. The Kier molecular flexibility index (Phi) is 8.57. The molecule has 0 aromatic heterocycles. The Balaban J connectivity index is 1.72. The molecule has 1 saturated carbocycles. The van der Waals surface area contributed by atoms with Crippen LogP contribution in [0.2, 0.25) is 0 Å². The van der Waals surface area contributed by atoms with Gasteiger partial charge in [-0.3, -0.25) is 9.59 Å². The molecule has 2 aromatic rings. The molecule has 0 radical (unpaired) electrons. The van der Waals surface area contributed by atoms with Crippen molar-refractivity contribution in [2.45, 2.75) is 51.2 Å². The summed E-state index contributed by atoms with van der Waals surface area (Å²) in [4.78, 5) is 27.6. The topological polar surface area (TPSA) is 67.9 Å². The fraction of sp³-hybridized carbons (Fsp3) is 0.417. The molecule has 0 heterocycles. The first-order chi connectivity index (χ1) is 15.0. The SMILES string of the molecule is COc1cccc(CN(C(=O)COc2ccc(I)cc2)C(C)C(=O)NC2CCCC2)c1. The van der Waals surface area contributed by atoms with E-state index >= 15 is 0 Å². The van der Waals surface area contributed by atoms with Gasteiger partial charge in [0.2, 0.25) is 5.91 Å². The number of hydrogen-bond donors (Lipinski definition) is 1. The number of hydrogen-bond acceptors (Lipinski definition) is 4. The lowest BCUT2D eigenvalue weighted by molar-refractivity contribution is -0.142. The smallest absolute Gasteiger partial charge is 0.261 e. The molecule has 1 fully saturated rings. The Morgan fingerprint density at radius 1 is 1.13 bits per heavy atom. The molecule has 3 rings (SSSR count). The number of benzene rings is 2. The lowest BCUT2D eigenvalue weighted by Crippen LogP contribution is -2.50. The van der Waals surface area contributed by atoms with Gasteiger partial charge in [0.1, 0.15) is 17.5 Å². The Morgan fingerprint density at radius 2 is 1.84 bits per heavy atom. The summed E-state index contributed by atoms with van der Waals surface area (Å²) in [5.74, 6) is 0.967. The second kappa shape index (κ2) is 11.4. The van der Waals surface area contributed by atoms with Gasteiger partial charge in [0, 0.05) is 16.2 Å². The molecule has 166 valence electrons. The minimum atomic E-state index is -0.611. The highest BCUT2D eigenvalue weighted by Gasteiger charge is 2.28. The van der Waals surface area contributed by atoms with Gasteiger partial charge in [-0.1, -0.05) is 25.0 Å². The van der Waals surface area contributed by atoms with Crippen molar-refractivity contribution in [1.29, 1.82) is 0 Å². The van der Waals surface area contributed by atoms with Crippen LogP contribution in [-0.4, -0.2) is 42.5 Å². The number of halogens is 1. The third kappa shape index (κ3) is 6.85. The standard InChI is InChI=1S/C24H29IN2O4/c1-17(24(29)26-20-7-3-4-8-20)27(15-18-6-5-9-22(14-18)30-2)23(28)16-31-21-12-10-19(25)11-13-21/h5-6,9-14,17,20H,3-4,7-8,15-16H2,1-2H3,(H,26,29). The second-order valence-corrected chi connectivity index (χ2v) is 9.03. The van der Waals surface area contributed by atoms with Crippen molar-refractivity contribution in [2.75, 3.05) is 13.7 Å². The van der Waals surface area contributed by atoms with Crippen LogP contribution in [0.25, 0.3) is 0 Å². The number of nitrogens with one attached hydrogen (secondary N) is 1. The van der Waals surface area contributed by atoms with Crippen molar-refractivity contribution >= 4 is 34.4 Å². The monoisotopic (exact) mass is 536 g/mol. The number of rotatable bonds is 9. The first-order valence-electron chi connectivity index (χ1n) is 10.6. The molecule has 1 atom stereocenters. The molecule has 31 heavy (non-hydrogen) atoms. The molecule has 1 aliphatic rings. The Morgan fingerprint density at radius 3 is 2.52 bits per heavy atom. The van der Waals surface area contributed by atoms with Crippen molar-refractivity contribution < 1.29 is 19.1 Å². The maximum absolute atomic E-state index is 13.1.